The molecule has 0 aliphatic rings. The quantitative estimate of drug-likeness (QED) is 0.329. The zero-order chi connectivity index (χ0) is 19.2. The number of benzene rings is 4. The summed E-state index contributed by atoms with van der Waals surface area (Å²) in [6, 6.07) is 41.6. The van der Waals surface area contributed by atoms with E-state index in [0.29, 0.717) is 0 Å². The molecule has 0 bridgehead atoms. The van der Waals surface area contributed by atoms with Crippen LogP contribution in [0.1, 0.15) is 28.7 Å². The van der Waals surface area contributed by atoms with Gasteiger partial charge >= 0.3 is 0 Å². The number of hydrogen-bond donors (Lipinski definition) is 0. The van der Waals surface area contributed by atoms with Gasteiger partial charge in [-0.3, -0.25) is 0 Å². The molecule has 0 aromatic heterocycles. The lowest BCUT2D eigenvalue weighted by Gasteiger charge is -1.99. The summed E-state index contributed by atoms with van der Waals surface area (Å²) in [6.07, 6.45) is 0. The van der Waals surface area contributed by atoms with Crippen molar-refractivity contribution in [3.63, 3.8) is 0 Å². The highest BCUT2D eigenvalue weighted by Gasteiger charge is 1.93. The minimum atomic E-state index is 0. The van der Waals surface area contributed by atoms with Crippen LogP contribution in [0.5, 0.6) is 0 Å². The largest absolute Gasteiger partial charge is 0.0901 e. The minimum Gasteiger partial charge on any atom is -0.0901 e. The Kier molecular flexibility index (Phi) is 14.7. The summed E-state index contributed by atoms with van der Waals surface area (Å²) in [5.41, 5.74) is 2.55. The molecule has 0 N–H and O–H groups in total. The van der Waals surface area contributed by atoms with Crippen LogP contribution in [-0.2, 0) is 0 Å². The van der Waals surface area contributed by atoms with E-state index in [-0.39, 0.29) is 14.9 Å². The Morgan fingerprint density at radius 3 is 0.897 bits per heavy atom. The molecule has 0 heterocycles. The molecule has 0 aliphatic heterocycles. The molecule has 0 spiro atoms. The first-order valence-corrected chi connectivity index (χ1v) is 10.1. The number of rotatable bonds is 3. The van der Waals surface area contributed by atoms with E-state index in [1.165, 1.54) is 20.9 Å². The van der Waals surface area contributed by atoms with Gasteiger partial charge in [-0.25, -0.2) is 0 Å². The first-order valence-electron chi connectivity index (χ1n) is 9.30. The predicted octanol–water partition coefficient (Wildman–Crippen LogP) is 9.49. The number of hydrogen-bond acceptors (Lipinski definition) is 1. The normalized spacial score (nSPS) is 8.62. The van der Waals surface area contributed by atoms with Gasteiger partial charge in [0.05, 0.1) is 0 Å². The molecule has 0 saturated heterocycles. The molecule has 1 heteroatoms. The highest BCUT2D eigenvalue weighted by atomic mass is 32.2. The van der Waals surface area contributed by atoms with Gasteiger partial charge in [0, 0.05) is 9.79 Å². The zero-order valence-electron chi connectivity index (χ0n) is 16.0. The summed E-state index contributed by atoms with van der Waals surface area (Å²) in [7, 11) is 0. The summed E-state index contributed by atoms with van der Waals surface area (Å²) < 4.78 is 0. The van der Waals surface area contributed by atoms with Crippen LogP contribution in [0.25, 0.3) is 11.1 Å². The van der Waals surface area contributed by atoms with Crippen molar-refractivity contribution in [2.45, 2.75) is 38.5 Å². The van der Waals surface area contributed by atoms with E-state index in [2.05, 4.69) is 97.1 Å². The fourth-order valence-corrected chi connectivity index (χ4v) is 3.23. The summed E-state index contributed by atoms with van der Waals surface area (Å²) in [6.45, 7) is 4.00. The lowest BCUT2D eigenvalue weighted by molar-refractivity contribution is 1.41. The van der Waals surface area contributed by atoms with E-state index in [1.54, 1.807) is 11.8 Å². The second kappa shape index (κ2) is 16.2. The third kappa shape index (κ3) is 9.82. The second-order valence-corrected chi connectivity index (χ2v) is 6.61. The van der Waals surface area contributed by atoms with E-state index in [4.69, 9.17) is 0 Å². The third-order valence-electron chi connectivity index (χ3n) is 3.60. The Balaban J connectivity index is 0.000000469. The molecule has 152 valence electrons. The second-order valence-electron chi connectivity index (χ2n) is 5.46. The Labute approximate surface area is 182 Å². The van der Waals surface area contributed by atoms with Gasteiger partial charge in [-0.1, -0.05) is 138 Å². The predicted molar refractivity (Wildman–Crippen MR) is 134 cm³/mol. The van der Waals surface area contributed by atoms with Gasteiger partial charge in [0.15, 0.2) is 0 Å². The van der Waals surface area contributed by atoms with Gasteiger partial charge in [-0.2, -0.15) is 0 Å². The summed E-state index contributed by atoms with van der Waals surface area (Å²) in [4.78, 5) is 2.57. The van der Waals surface area contributed by atoms with Crippen LogP contribution in [0.4, 0.5) is 0 Å². The van der Waals surface area contributed by atoms with E-state index in [0.717, 1.165) is 0 Å². The van der Waals surface area contributed by atoms with Crippen LogP contribution < -0.4 is 0 Å². The maximum atomic E-state index is 2.12. The Morgan fingerprint density at radius 2 is 0.621 bits per heavy atom. The Morgan fingerprint density at radius 1 is 0.379 bits per heavy atom. The molecule has 4 rings (SSSR count). The molecule has 0 fully saturated rings. The molecule has 0 saturated carbocycles. The fraction of sp³-hybridized carbons (Fsp3) is 0.143. The van der Waals surface area contributed by atoms with Crippen molar-refractivity contribution in [2.75, 3.05) is 0 Å². The molecular formula is C28H34S. The SMILES string of the molecule is C.C.CC.c1ccc(-c2ccccc2)cc1.c1ccc(Sc2ccccc2)cc1. The van der Waals surface area contributed by atoms with Crippen LogP contribution in [0.2, 0.25) is 0 Å². The van der Waals surface area contributed by atoms with Gasteiger partial charge in [0.2, 0.25) is 0 Å². The molecular weight excluding hydrogens is 368 g/mol. The maximum Gasteiger partial charge on any atom is 0.0122 e. The van der Waals surface area contributed by atoms with Gasteiger partial charge in [0.1, 0.15) is 0 Å². The highest BCUT2D eigenvalue weighted by molar-refractivity contribution is 7.99. The van der Waals surface area contributed by atoms with E-state index >= 15 is 0 Å². The fourth-order valence-electron chi connectivity index (χ4n) is 2.37. The van der Waals surface area contributed by atoms with Crippen molar-refractivity contribution in [1.82, 2.24) is 0 Å². The van der Waals surface area contributed by atoms with Crippen LogP contribution in [0.15, 0.2) is 131 Å². The van der Waals surface area contributed by atoms with Gasteiger partial charge in [0.25, 0.3) is 0 Å². The molecule has 0 aliphatic carbocycles. The minimum absolute atomic E-state index is 0. The van der Waals surface area contributed by atoms with Crippen LogP contribution in [0, 0.1) is 0 Å². The highest BCUT2D eigenvalue weighted by Crippen LogP contribution is 2.26. The molecule has 29 heavy (non-hydrogen) atoms. The third-order valence-corrected chi connectivity index (χ3v) is 4.62. The smallest absolute Gasteiger partial charge is 0.0122 e. The first-order chi connectivity index (χ1) is 13.4. The van der Waals surface area contributed by atoms with Crippen molar-refractivity contribution in [2.24, 2.45) is 0 Å². The van der Waals surface area contributed by atoms with Gasteiger partial charge < -0.3 is 0 Å². The lowest BCUT2D eigenvalue weighted by atomic mass is 10.1. The van der Waals surface area contributed by atoms with Crippen LogP contribution >= 0.6 is 11.8 Å². The average molecular weight is 403 g/mol. The van der Waals surface area contributed by atoms with Crippen molar-refractivity contribution < 1.29 is 0 Å². The van der Waals surface area contributed by atoms with Crippen molar-refractivity contribution in [1.29, 1.82) is 0 Å². The summed E-state index contributed by atoms with van der Waals surface area (Å²) in [5.74, 6) is 0. The van der Waals surface area contributed by atoms with Crippen LogP contribution in [0.3, 0.4) is 0 Å². The van der Waals surface area contributed by atoms with Crippen molar-refractivity contribution >= 4 is 11.8 Å². The molecule has 0 radical (unpaired) electrons. The zero-order valence-corrected chi connectivity index (χ0v) is 16.8. The van der Waals surface area contributed by atoms with E-state index in [9.17, 15) is 0 Å². The summed E-state index contributed by atoms with van der Waals surface area (Å²) in [5, 5.41) is 0. The molecule has 0 unspecified atom stereocenters. The Bertz CT molecular complexity index is 767. The molecule has 0 nitrogen and oxygen atoms in total. The Hall–Kier alpha value is -2.77. The average Bonchev–Trinajstić information content (AvgIpc) is 2.78. The molecule has 0 amide bonds. The first kappa shape index (κ1) is 26.2. The van der Waals surface area contributed by atoms with Crippen molar-refractivity contribution in [3.8, 4) is 11.1 Å². The standard InChI is InChI=1S/C12H10S.C12H10.C2H6.2CH4/c1-3-7-11(8-4-1)13-12-9-5-2-6-10-12;1-3-7-11(8-4-1)12-9-5-2-6-10-12;1-2;;/h1-10H;1-10H;1-2H3;2*1H4. The molecule has 4 aromatic rings. The van der Waals surface area contributed by atoms with Crippen LogP contribution in [-0.4, -0.2) is 0 Å². The lowest BCUT2D eigenvalue weighted by Crippen LogP contribution is -1.73. The topological polar surface area (TPSA) is 0 Å². The van der Waals surface area contributed by atoms with E-state index < -0.39 is 0 Å². The van der Waals surface area contributed by atoms with Gasteiger partial charge in [-0.05, 0) is 35.4 Å². The molecule has 0 atom stereocenters. The maximum absolute atomic E-state index is 2.12. The molecule has 4 aromatic carbocycles. The monoisotopic (exact) mass is 402 g/mol. The summed E-state index contributed by atoms with van der Waals surface area (Å²) >= 11 is 1.79. The van der Waals surface area contributed by atoms with Gasteiger partial charge in [-0.15, -0.1) is 0 Å². The van der Waals surface area contributed by atoms with Crippen molar-refractivity contribution in [3.05, 3.63) is 121 Å². The van der Waals surface area contributed by atoms with E-state index in [1.807, 2.05) is 38.1 Å².